The SMILES string of the molecule is O=C(C=Cc1cn(S(=O)(=O)Cc2ccccc2)c2ccccc12)Nc1cccc(C(=O)NCc2ccco2)c1. The molecule has 2 aromatic heterocycles. The number of para-hydroxylation sites is 1. The first-order valence-electron chi connectivity index (χ1n) is 12.2. The average Bonchev–Trinajstić information content (AvgIpc) is 3.60. The smallest absolute Gasteiger partial charge is 0.251 e. The number of anilines is 1. The Labute approximate surface area is 225 Å². The highest BCUT2D eigenvalue weighted by molar-refractivity contribution is 7.89. The van der Waals surface area contributed by atoms with Crippen LogP contribution in [0.1, 0.15) is 27.2 Å². The molecule has 0 atom stereocenters. The molecule has 3 aromatic carbocycles. The fourth-order valence-corrected chi connectivity index (χ4v) is 5.65. The summed E-state index contributed by atoms with van der Waals surface area (Å²) in [6.07, 6.45) is 5.97. The molecule has 5 aromatic rings. The molecule has 5 rings (SSSR count). The Morgan fingerprint density at radius 3 is 2.49 bits per heavy atom. The molecule has 0 radical (unpaired) electrons. The van der Waals surface area contributed by atoms with Crippen LogP contribution in [0.4, 0.5) is 5.69 Å². The number of carbonyl (C=O) groups excluding carboxylic acids is 2. The topological polar surface area (TPSA) is 110 Å². The lowest BCUT2D eigenvalue weighted by Gasteiger charge is -2.07. The predicted octanol–water partition coefficient (Wildman–Crippen LogP) is 5.19. The number of rotatable bonds is 9. The number of benzene rings is 3. The van der Waals surface area contributed by atoms with Crippen molar-refractivity contribution in [2.45, 2.75) is 12.3 Å². The lowest BCUT2D eigenvalue weighted by atomic mass is 10.1. The van der Waals surface area contributed by atoms with Crippen LogP contribution < -0.4 is 10.6 Å². The van der Waals surface area contributed by atoms with Crippen molar-refractivity contribution in [1.29, 1.82) is 0 Å². The summed E-state index contributed by atoms with van der Waals surface area (Å²) in [5.74, 6) is -0.247. The van der Waals surface area contributed by atoms with Crippen LogP contribution in [0.5, 0.6) is 0 Å². The van der Waals surface area contributed by atoms with E-state index in [1.807, 2.05) is 18.2 Å². The minimum Gasteiger partial charge on any atom is -0.467 e. The molecule has 0 aliphatic heterocycles. The molecule has 2 heterocycles. The third-order valence-corrected chi connectivity index (χ3v) is 7.61. The molecule has 2 N–H and O–H groups in total. The lowest BCUT2D eigenvalue weighted by Crippen LogP contribution is -2.22. The van der Waals surface area contributed by atoms with Gasteiger partial charge in [-0.15, -0.1) is 0 Å². The summed E-state index contributed by atoms with van der Waals surface area (Å²) in [6.45, 7) is 0.250. The Hall–Kier alpha value is -4.89. The second-order valence-electron chi connectivity index (χ2n) is 8.80. The maximum atomic E-state index is 13.2. The van der Waals surface area contributed by atoms with Crippen LogP contribution in [-0.4, -0.2) is 24.2 Å². The Kier molecular flexibility index (Phi) is 7.42. The van der Waals surface area contributed by atoms with Crippen LogP contribution >= 0.6 is 0 Å². The number of fused-ring (bicyclic) bond motifs is 1. The van der Waals surface area contributed by atoms with Gasteiger partial charge in [-0.1, -0.05) is 54.6 Å². The van der Waals surface area contributed by atoms with E-state index >= 15 is 0 Å². The van der Waals surface area contributed by atoms with Crippen LogP contribution in [-0.2, 0) is 27.1 Å². The van der Waals surface area contributed by atoms with Gasteiger partial charge in [0.15, 0.2) is 0 Å². The molecule has 2 amide bonds. The number of amides is 2. The van der Waals surface area contributed by atoms with Gasteiger partial charge in [0.25, 0.3) is 5.91 Å². The van der Waals surface area contributed by atoms with Crippen molar-refractivity contribution in [3.63, 3.8) is 0 Å². The quantitative estimate of drug-likeness (QED) is 0.250. The highest BCUT2D eigenvalue weighted by Gasteiger charge is 2.19. The molecule has 9 heteroatoms. The maximum absolute atomic E-state index is 13.2. The van der Waals surface area contributed by atoms with Crippen LogP contribution in [0, 0.1) is 0 Å². The van der Waals surface area contributed by atoms with Gasteiger partial charge < -0.3 is 15.1 Å². The van der Waals surface area contributed by atoms with Crippen molar-refractivity contribution in [1.82, 2.24) is 9.29 Å². The monoisotopic (exact) mass is 539 g/mol. The molecule has 0 fully saturated rings. The molecule has 0 bridgehead atoms. The van der Waals surface area contributed by atoms with Crippen molar-refractivity contribution in [2.75, 3.05) is 5.32 Å². The molecular formula is C30H25N3O5S. The maximum Gasteiger partial charge on any atom is 0.251 e. The number of nitrogens with zero attached hydrogens (tertiary/aromatic N) is 1. The van der Waals surface area contributed by atoms with E-state index in [9.17, 15) is 18.0 Å². The van der Waals surface area contributed by atoms with Crippen molar-refractivity contribution in [3.05, 3.63) is 132 Å². The first-order valence-corrected chi connectivity index (χ1v) is 13.8. The van der Waals surface area contributed by atoms with Crippen molar-refractivity contribution in [3.8, 4) is 0 Å². The number of hydrogen-bond donors (Lipinski definition) is 2. The van der Waals surface area contributed by atoms with E-state index in [0.29, 0.717) is 39.0 Å². The minimum atomic E-state index is -3.70. The molecular weight excluding hydrogens is 514 g/mol. The van der Waals surface area contributed by atoms with E-state index in [1.165, 1.54) is 22.5 Å². The average molecular weight is 540 g/mol. The van der Waals surface area contributed by atoms with E-state index in [-0.39, 0.29) is 18.2 Å². The predicted molar refractivity (Wildman–Crippen MR) is 150 cm³/mol. The number of nitrogens with one attached hydrogen (secondary N) is 2. The standard InChI is InChI=1S/C30H25N3O5S/c34-29(32-25-11-6-10-23(18-25)30(35)31-19-26-12-7-17-38-26)16-15-24-20-33(28-14-5-4-13-27(24)28)39(36,37)21-22-8-2-1-3-9-22/h1-18,20H,19,21H2,(H,31,35)(H,32,34). The number of aromatic nitrogens is 1. The summed E-state index contributed by atoms with van der Waals surface area (Å²) in [6, 6.07) is 26.2. The molecule has 8 nitrogen and oxygen atoms in total. The van der Waals surface area contributed by atoms with E-state index in [4.69, 9.17) is 4.42 Å². The summed E-state index contributed by atoms with van der Waals surface area (Å²) in [5, 5.41) is 6.21. The highest BCUT2D eigenvalue weighted by atomic mass is 32.2. The Morgan fingerprint density at radius 1 is 0.897 bits per heavy atom. The molecule has 0 spiro atoms. The van der Waals surface area contributed by atoms with Crippen molar-refractivity contribution >= 4 is 44.5 Å². The zero-order chi connectivity index (χ0) is 27.2. The van der Waals surface area contributed by atoms with E-state index < -0.39 is 15.9 Å². The fourth-order valence-electron chi connectivity index (χ4n) is 4.16. The second-order valence-corrected chi connectivity index (χ2v) is 10.7. The van der Waals surface area contributed by atoms with Crippen LogP contribution in [0.15, 0.2) is 114 Å². The Morgan fingerprint density at radius 2 is 1.69 bits per heavy atom. The first kappa shape index (κ1) is 25.7. The summed E-state index contributed by atoms with van der Waals surface area (Å²) in [5.41, 5.74) is 2.63. The van der Waals surface area contributed by atoms with Gasteiger partial charge in [-0.3, -0.25) is 9.59 Å². The first-order chi connectivity index (χ1) is 18.9. The normalized spacial score (nSPS) is 11.6. The van der Waals surface area contributed by atoms with Crippen LogP contribution in [0.25, 0.3) is 17.0 Å². The molecule has 0 unspecified atom stereocenters. The molecule has 0 saturated carbocycles. The Balaban J connectivity index is 1.31. The molecule has 39 heavy (non-hydrogen) atoms. The van der Waals surface area contributed by atoms with Gasteiger partial charge in [0.2, 0.25) is 15.9 Å². The number of furan rings is 1. The largest absolute Gasteiger partial charge is 0.467 e. The zero-order valence-electron chi connectivity index (χ0n) is 20.8. The summed E-state index contributed by atoms with van der Waals surface area (Å²) < 4.78 is 32.9. The Bertz CT molecular complexity index is 1750. The van der Waals surface area contributed by atoms with Gasteiger partial charge in [-0.2, -0.15) is 0 Å². The number of hydrogen-bond acceptors (Lipinski definition) is 5. The molecule has 0 saturated heterocycles. The number of carbonyl (C=O) groups is 2. The summed E-state index contributed by atoms with van der Waals surface area (Å²) >= 11 is 0. The minimum absolute atomic E-state index is 0.151. The third kappa shape index (κ3) is 6.16. The van der Waals surface area contributed by atoms with Gasteiger partial charge in [0.1, 0.15) is 5.76 Å². The highest BCUT2D eigenvalue weighted by Crippen LogP contribution is 2.25. The molecule has 0 aliphatic carbocycles. The van der Waals surface area contributed by atoms with E-state index in [1.54, 1.807) is 78.9 Å². The molecule has 196 valence electrons. The lowest BCUT2D eigenvalue weighted by molar-refractivity contribution is -0.111. The van der Waals surface area contributed by atoms with Crippen molar-refractivity contribution in [2.24, 2.45) is 0 Å². The van der Waals surface area contributed by atoms with Gasteiger partial charge >= 0.3 is 0 Å². The van der Waals surface area contributed by atoms with Crippen molar-refractivity contribution < 1.29 is 22.4 Å². The van der Waals surface area contributed by atoms with Gasteiger partial charge in [-0.25, -0.2) is 12.4 Å². The summed E-state index contributed by atoms with van der Waals surface area (Å²) in [4.78, 5) is 25.2. The van der Waals surface area contributed by atoms with E-state index in [2.05, 4.69) is 10.6 Å². The third-order valence-electron chi connectivity index (χ3n) is 6.01. The van der Waals surface area contributed by atoms with E-state index in [0.717, 1.165) is 0 Å². The fraction of sp³-hybridized carbons (Fsp3) is 0.0667. The zero-order valence-corrected chi connectivity index (χ0v) is 21.6. The summed E-state index contributed by atoms with van der Waals surface area (Å²) in [7, 11) is -3.70. The van der Waals surface area contributed by atoms with Crippen LogP contribution in [0.2, 0.25) is 0 Å². The van der Waals surface area contributed by atoms with Gasteiger partial charge in [-0.05, 0) is 48.0 Å². The van der Waals surface area contributed by atoms with Gasteiger partial charge in [0, 0.05) is 34.5 Å². The van der Waals surface area contributed by atoms with Crippen LogP contribution in [0.3, 0.4) is 0 Å². The molecule has 0 aliphatic rings. The van der Waals surface area contributed by atoms with Gasteiger partial charge in [0.05, 0.1) is 24.1 Å². The second kappa shape index (κ2) is 11.2.